The first kappa shape index (κ1) is 19.1. The normalized spacial score (nSPS) is 10.1. The predicted octanol–water partition coefficient (Wildman–Crippen LogP) is 4.03. The molecule has 0 aliphatic carbocycles. The van der Waals surface area contributed by atoms with Crippen LogP contribution in [-0.4, -0.2) is 22.1 Å². The Morgan fingerprint density at radius 3 is 2.50 bits per heavy atom. The van der Waals surface area contributed by atoms with Crippen LogP contribution in [0.2, 0.25) is 0 Å². The molecule has 3 N–H and O–H groups in total. The molecule has 2 rings (SSSR count). The molecule has 0 fully saturated rings. The zero-order valence-electron chi connectivity index (χ0n) is 12.4. The third-order valence-electron chi connectivity index (χ3n) is 3.21. The first-order chi connectivity index (χ1) is 11.3. The third kappa shape index (κ3) is 4.63. The van der Waals surface area contributed by atoms with Crippen molar-refractivity contribution in [2.75, 3.05) is 5.32 Å². The Kier molecular flexibility index (Phi) is 6.52. The lowest BCUT2D eigenvalue weighted by Gasteiger charge is -2.13. The molecule has 0 saturated heterocycles. The van der Waals surface area contributed by atoms with Crippen molar-refractivity contribution in [1.82, 2.24) is 5.32 Å². The van der Waals surface area contributed by atoms with Crippen molar-refractivity contribution in [1.29, 1.82) is 0 Å². The molecule has 0 aliphatic rings. The average Bonchev–Trinajstić information content (AvgIpc) is 2.51. The van der Waals surface area contributed by atoms with Crippen molar-refractivity contribution in [3.8, 4) is 0 Å². The minimum atomic E-state index is -1.01. The van der Waals surface area contributed by atoms with E-state index in [0.29, 0.717) is 16.8 Å². The second kappa shape index (κ2) is 8.21. The summed E-state index contributed by atoms with van der Waals surface area (Å²) in [6.07, 6.45) is 0. The van der Waals surface area contributed by atoms with E-state index in [2.05, 4.69) is 55.8 Å². The van der Waals surface area contributed by atoms with Gasteiger partial charge in [0.25, 0.3) is 5.91 Å². The van der Waals surface area contributed by atoms with Crippen LogP contribution in [0.3, 0.4) is 0 Å². The molecule has 0 saturated carbocycles. The number of hydrogen-bond acceptors (Lipinski definition) is 3. The van der Waals surface area contributed by atoms with E-state index >= 15 is 0 Å². The van der Waals surface area contributed by atoms with Gasteiger partial charge in [-0.25, -0.2) is 4.79 Å². The summed E-state index contributed by atoms with van der Waals surface area (Å²) in [7, 11) is 0. The van der Waals surface area contributed by atoms with E-state index in [1.165, 1.54) is 6.07 Å². The SMILES string of the molecule is Cc1c(NC(=S)NC(=O)c2cc(I)ccc2I)cccc1C(=O)O. The summed E-state index contributed by atoms with van der Waals surface area (Å²) >= 11 is 9.38. The molecule has 0 heterocycles. The summed E-state index contributed by atoms with van der Waals surface area (Å²) in [6, 6.07) is 10.4. The number of carbonyl (C=O) groups excluding carboxylic acids is 1. The van der Waals surface area contributed by atoms with E-state index in [9.17, 15) is 9.59 Å². The maximum absolute atomic E-state index is 12.3. The summed E-state index contributed by atoms with van der Waals surface area (Å²) in [5.74, 6) is -1.33. The van der Waals surface area contributed by atoms with Crippen molar-refractivity contribution in [3.63, 3.8) is 0 Å². The van der Waals surface area contributed by atoms with Crippen molar-refractivity contribution in [3.05, 3.63) is 60.2 Å². The molecule has 0 spiro atoms. The average molecular weight is 566 g/mol. The predicted molar refractivity (Wildman–Crippen MR) is 114 cm³/mol. The van der Waals surface area contributed by atoms with Crippen LogP contribution >= 0.6 is 57.4 Å². The van der Waals surface area contributed by atoms with Gasteiger partial charge in [0.15, 0.2) is 5.11 Å². The molecule has 0 aromatic heterocycles. The molecule has 2 aromatic rings. The highest BCUT2D eigenvalue weighted by Crippen LogP contribution is 2.19. The van der Waals surface area contributed by atoms with Gasteiger partial charge in [0, 0.05) is 12.8 Å². The fraction of sp³-hybridized carbons (Fsp3) is 0.0625. The van der Waals surface area contributed by atoms with Gasteiger partial charge >= 0.3 is 5.97 Å². The second-order valence-corrected chi connectivity index (χ2v) is 7.63. The first-order valence-corrected chi connectivity index (χ1v) is 9.26. The van der Waals surface area contributed by atoms with Gasteiger partial charge in [-0.15, -0.1) is 0 Å². The third-order valence-corrected chi connectivity index (χ3v) is 5.03. The van der Waals surface area contributed by atoms with Gasteiger partial charge in [0.05, 0.1) is 11.1 Å². The van der Waals surface area contributed by atoms with Crippen LogP contribution in [-0.2, 0) is 0 Å². The maximum atomic E-state index is 12.3. The molecule has 124 valence electrons. The Bertz CT molecular complexity index is 840. The summed E-state index contributed by atoms with van der Waals surface area (Å²) in [5.41, 5.74) is 1.80. The lowest BCUT2D eigenvalue weighted by atomic mass is 10.1. The lowest BCUT2D eigenvalue weighted by molar-refractivity contribution is 0.0696. The molecule has 8 heteroatoms. The van der Waals surface area contributed by atoms with Gasteiger partial charge in [0.2, 0.25) is 0 Å². The molecule has 5 nitrogen and oxygen atoms in total. The molecule has 24 heavy (non-hydrogen) atoms. The number of amides is 1. The molecular weight excluding hydrogens is 554 g/mol. The standard InChI is InChI=1S/C16H12I2N2O3S/c1-8-10(15(22)23)3-2-4-13(8)19-16(24)20-14(21)11-7-9(17)5-6-12(11)18/h2-7H,1H3,(H,22,23)(H2,19,20,21,24). The van der Waals surface area contributed by atoms with E-state index in [1.807, 2.05) is 12.1 Å². The highest BCUT2D eigenvalue weighted by Gasteiger charge is 2.14. The number of thiocarbonyl (C=S) groups is 1. The number of nitrogens with one attached hydrogen (secondary N) is 2. The van der Waals surface area contributed by atoms with E-state index in [4.69, 9.17) is 17.3 Å². The summed E-state index contributed by atoms with van der Waals surface area (Å²) in [5, 5.41) is 14.7. The highest BCUT2D eigenvalue weighted by atomic mass is 127. The second-order valence-electron chi connectivity index (χ2n) is 4.82. The number of anilines is 1. The largest absolute Gasteiger partial charge is 0.478 e. The lowest BCUT2D eigenvalue weighted by Crippen LogP contribution is -2.34. The van der Waals surface area contributed by atoms with Crippen LogP contribution in [0.15, 0.2) is 36.4 Å². The Labute approximate surface area is 171 Å². The summed E-state index contributed by atoms with van der Waals surface area (Å²) < 4.78 is 1.76. The summed E-state index contributed by atoms with van der Waals surface area (Å²) in [6.45, 7) is 1.68. The molecule has 0 radical (unpaired) electrons. The molecule has 1 amide bonds. The van der Waals surface area contributed by atoms with Crippen LogP contribution < -0.4 is 10.6 Å². The smallest absolute Gasteiger partial charge is 0.336 e. The van der Waals surface area contributed by atoms with Gasteiger partial charge in [-0.3, -0.25) is 10.1 Å². The molecule has 0 aliphatic heterocycles. The Balaban J connectivity index is 2.14. The number of carboxylic acids is 1. The maximum Gasteiger partial charge on any atom is 0.336 e. The number of carboxylic acid groups (broad SMARTS) is 1. The number of carbonyl (C=O) groups is 2. The van der Waals surface area contributed by atoms with Crippen molar-refractivity contribution >= 4 is 80.1 Å². The van der Waals surface area contributed by atoms with Gasteiger partial charge in [0.1, 0.15) is 0 Å². The van der Waals surface area contributed by atoms with Gasteiger partial charge in [-0.05, 0) is 100 Å². The van der Waals surface area contributed by atoms with E-state index in [-0.39, 0.29) is 16.6 Å². The topological polar surface area (TPSA) is 78.4 Å². The van der Waals surface area contributed by atoms with Crippen LogP contribution in [0, 0.1) is 14.1 Å². The Morgan fingerprint density at radius 1 is 1.12 bits per heavy atom. The fourth-order valence-corrected chi connectivity index (χ4v) is 3.27. The molecule has 0 bridgehead atoms. The number of rotatable bonds is 3. The quantitative estimate of drug-likeness (QED) is 0.387. The van der Waals surface area contributed by atoms with Crippen molar-refractivity contribution < 1.29 is 14.7 Å². The minimum Gasteiger partial charge on any atom is -0.478 e. The van der Waals surface area contributed by atoms with Crippen LogP contribution in [0.5, 0.6) is 0 Å². The highest BCUT2D eigenvalue weighted by molar-refractivity contribution is 14.1. The Hall–Kier alpha value is -1.27. The monoisotopic (exact) mass is 566 g/mol. The summed E-state index contributed by atoms with van der Waals surface area (Å²) in [4.78, 5) is 23.5. The van der Waals surface area contributed by atoms with E-state index in [0.717, 1.165) is 7.14 Å². The number of hydrogen-bond donors (Lipinski definition) is 3. The molecule has 2 aromatic carbocycles. The van der Waals surface area contributed by atoms with Crippen LogP contribution in [0.1, 0.15) is 26.3 Å². The van der Waals surface area contributed by atoms with Crippen LogP contribution in [0.4, 0.5) is 5.69 Å². The number of halogens is 2. The zero-order valence-corrected chi connectivity index (χ0v) is 17.5. The van der Waals surface area contributed by atoms with Crippen molar-refractivity contribution in [2.24, 2.45) is 0 Å². The van der Waals surface area contributed by atoms with Gasteiger partial charge in [-0.2, -0.15) is 0 Å². The fourth-order valence-electron chi connectivity index (χ4n) is 2.00. The zero-order chi connectivity index (χ0) is 17.9. The minimum absolute atomic E-state index is 0.111. The van der Waals surface area contributed by atoms with Crippen molar-refractivity contribution in [2.45, 2.75) is 6.92 Å². The number of benzene rings is 2. The van der Waals surface area contributed by atoms with E-state index < -0.39 is 5.97 Å². The van der Waals surface area contributed by atoms with Gasteiger partial charge < -0.3 is 10.4 Å². The molecule has 0 atom stereocenters. The van der Waals surface area contributed by atoms with Crippen LogP contribution in [0.25, 0.3) is 0 Å². The number of aromatic carboxylic acids is 1. The first-order valence-electron chi connectivity index (χ1n) is 6.70. The molecule has 0 unspecified atom stereocenters. The van der Waals surface area contributed by atoms with Gasteiger partial charge in [-0.1, -0.05) is 6.07 Å². The molecular formula is C16H12I2N2O3S. The Morgan fingerprint density at radius 2 is 1.83 bits per heavy atom. The van der Waals surface area contributed by atoms with E-state index in [1.54, 1.807) is 25.1 Å².